The summed E-state index contributed by atoms with van der Waals surface area (Å²) in [6.45, 7) is 2.41. The lowest BCUT2D eigenvalue weighted by Crippen LogP contribution is -2.42. The van der Waals surface area contributed by atoms with E-state index < -0.39 is 0 Å². The highest BCUT2D eigenvalue weighted by molar-refractivity contribution is 7.98. The van der Waals surface area contributed by atoms with Gasteiger partial charge >= 0.3 is 0 Å². The smallest absolute Gasteiger partial charge is 0.207 e. The Morgan fingerprint density at radius 1 is 1.24 bits per heavy atom. The minimum Gasteiger partial charge on any atom is -0.289 e. The van der Waals surface area contributed by atoms with E-state index in [-0.39, 0.29) is 0 Å². The van der Waals surface area contributed by atoms with Gasteiger partial charge in [0.25, 0.3) is 0 Å². The van der Waals surface area contributed by atoms with Crippen molar-refractivity contribution in [3.63, 3.8) is 0 Å². The molecule has 17 heavy (non-hydrogen) atoms. The van der Waals surface area contributed by atoms with E-state index in [0.717, 1.165) is 0 Å². The largest absolute Gasteiger partial charge is 0.289 e. The lowest BCUT2D eigenvalue weighted by Gasteiger charge is -2.40. The van der Waals surface area contributed by atoms with Crippen molar-refractivity contribution >= 4 is 16.7 Å². The van der Waals surface area contributed by atoms with Gasteiger partial charge in [0.05, 0.1) is 0 Å². The van der Waals surface area contributed by atoms with E-state index in [1.165, 1.54) is 62.0 Å². The summed E-state index contributed by atoms with van der Waals surface area (Å²) in [5, 5.41) is 0.393. The van der Waals surface area contributed by atoms with Crippen molar-refractivity contribution in [2.24, 2.45) is 5.41 Å². The van der Waals surface area contributed by atoms with Gasteiger partial charge in [-0.15, -0.1) is 0 Å². The van der Waals surface area contributed by atoms with Crippen molar-refractivity contribution in [2.75, 3.05) is 11.5 Å². The fourth-order valence-corrected chi connectivity index (χ4v) is 6.71. The molecular weight excluding hydrogens is 228 g/mol. The van der Waals surface area contributed by atoms with Crippen LogP contribution in [0.5, 0.6) is 0 Å². The maximum atomic E-state index is 12.3. The number of carbonyl (C=O) groups excluding carboxylic acids is 1. The second-order valence-corrected chi connectivity index (χ2v) is 8.65. The van der Waals surface area contributed by atoms with E-state index in [4.69, 9.17) is 0 Å². The molecule has 0 spiro atoms. The second kappa shape index (κ2) is 4.46. The van der Waals surface area contributed by atoms with Crippen molar-refractivity contribution < 1.29 is 4.79 Å². The second-order valence-electron chi connectivity index (χ2n) is 6.19. The fraction of sp³-hybridized carbons (Fsp3) is 0.800. The standard InChI is InChI=1S/C15H23OS/c1-15-7-3-2-6-12(15)10-13(16)14(11-15)17-8-4-5-9-17/h10,14H,2-9,11H2,1H3/q+1. The molecule has 2 aliphatic carbocycles. The van der Waals surface area contributed by atoms with Crippen LogP contribution in [0.3, 0.4) is 0 Å². The summed E-state index contributed by atoms with van der Waals surface area (Å²) in [4.78, 5) is 12.3. The van der Waals surface area contributed by atoms with Crippen LogP contribution < -0.4 is 0 Å². The summed E-state index contributed by atoms with van der Waals surface area (Å²) in [5.41, 5.74) is 1.86. The zero-order chi connectivity index (χ0) is 11.9. The molecule has 2 fully saturated rings. The molecule has 2 atom stereocenters. The molecule has 1 heterocycles. The predicted molar refractivity (Wildman–Crippen MR) is 74.4 cm³/mol. The molecule has 0 bridgehead atoms. The highest BCUT2D eigenvalue weighted by Gasteiger charge is 2.47. The SMILES string of the molecule is CC12CCCCC1=CC(=O)C([S+]1CCCC1)C2. The van der Waals surface area contributed by atoms with E-state index >= 15 is 0 Å². The highest BCUT2D eigenvalue weighted by atomic mass is 32.2. The van der Waals surface area contributed by atoms with Gasteiger partial charge in [-0.3, -0.25) is 4.79 Å². The van der Waals surface area contributed by atoms with Gasteiger partial charge in [0, 0.05) is 6.42 Å². The van der Waals surface area contributed by atoms with Gasteiger partial charge in [0.15, 0.2) is 5.25 Å². The Kier molecular flexibility index (Phi) is 3.10. The van der Waals surface area contributed by atoms with Crippen molar-refractivity contribution in [3.05, 3.63) is 11.6 Å². The minimum atomic E-state index is 0.381. The van der Waals surface area contributed by atoms with Crippen molar-refractivity contribution in [3.8, 4) is 0 Å². The van der Waals surface area contributed by atoms with Crippen molar-refractivity contribution in [1.29, 1.82) is 0 Å². The van der Waals surface area contributed by atoms with Gasteiger partial charge in [-0.25, -0.2) is 0 Å². The van der Waals surface area contributed by atoms with Crippen LogP contribution in [0.2, 0.25) is 0 Å². The van der Waals surface area contributed by atoms with Crippen LogP contribution in [0.1, 0.15) is 51.9 Å². The average molecular weight is 251 g/mol. The summed E-state index contributed by atoms with van der Waals surface area (Å²) >= 11 is 0. The zero-order valence-electron chi connectivity index (χ0n) is 10.8. The molecule has 2 unspecified atom stereocenters. The number of hydrogen-bond donors (Lipinski definition) is 0. The van der Waals surface area contributed by atoms with Gasteiger partial charge in [-0.1, -0.05) is 18.9 Å². The summed E-state index contributed by atoms with van der Waals surface area (Å²) in [6, 6.07) is 0. The van der Waals surface area contributed by atoms with Gasteiger partial charge in [0.2, 0.25) is 5.78 Å². The van der Waals surface area contributed by atoms with Crippen LogP contribution in [0.4, 0.5) is 0 Å². The molecular formula is C15H23OS+. The normalized spacial score (nSPS) is 39.0. The number of hydrogen-bond acceptors (Lipinski definition) is 1. The maximum absolute atomic E-state index is 12.3. The number of carbonyl (C=O) groups is 1. The van der Waals surface area contributed by atoms with Crippen LogP contribution in [-0.4, -0.2) is 22.5 Å². The van der Waals surface area contributed by atoms with Crippen LogP contribution in [-0.2, 0) is 15.7 Å². The molecule has 0 amide bonds. The maximum Gasteiger partial charge on any atom is 0.207 e. The molecule has 0 N–H and O–H groups in total. The first-order chi connectivity index (χ1) is 8.19. The van der Waals surface area contributed by atoms with Crippen LogP contribution in [0, 0.1) is 5.41 Å². The molecule has 94 valence electrons. The molecule has 2 heteroatoms. The van der Waals surface area contributed by atoms with E-state index in [1.54, 1.807) is 0 Å². The number of allylic oxidation sites excluding steroid dienone is 2. The quantitative estimate of drug-likeness (QED) is 0.654. The molecule has 0 radical (unpaired) electrons. The topological polar surface area (TPSA) is 17.1 Å². The molecule has 3 aliphatic rings. The third-order valence-electron chi connectivity index (χ3n) is 4.94. The van der Waals surface area contributed by atoms with E-state index in [1.807, 2.05) is 0 Å². The van der Waals surface area contributed by atoms with Gasteiger partial charge in [-0.05, 0) is 54.5 Å². The number of rotatable bonds is 1. The Balaban J connectivity index is 1.84. The Labute approximate surface area is 107 Å². The summed E-state index contributed by atoms with van der Waals surface area (Å²) in [5.74, 6) is 3.13. The van der Waals surface area contributed by atoms with Crippen molar-refractivity contribution in [2.45, 2.75) is 57.1 Å². The third kappa shape index (κ3) is 2.09. The van der Waals surface area contributed by atoms with Gasteiger partial charge in [-0.2, -0.15) is 0 Å². The Hall–Kier alpha value is -0.240. The van der Waals surface area contributed by atoms with E-state index in [2.05, 4.69) is 13.0 Å². The average Bonchev–Trinajstić information content (AvgIpc) is 2.82. The molecule has 0 aromatic carbocycles. The molecule has 1 aliphatic heterocycles. The molecule has 1 saturated carbocycles. The van der Waals surface area contributed by atoms with Crippen LogP contribution in [0.25, 0.3) is 0 Å². The number of ketones is 1. The fourth-order valence-electron chi connectivity index (χ4n) is 3.79. The molecule has 3 rings (SSSR count). The van der Waals surface area contributed by atoms with Gasteiger partial charge in [0.1, 0.15) is 11.5 Å². The Bertz CT molecular complexity index is 354. The van der Waals surface area contributed by atoms with Crippen molar-refractivity contribution in [1.82, 2.24) is 0 Å². The van der Waals surface area contributed by atoms with E-state index in [0.29, 0.717) is 27.3 Å². The molecule has 0 aromatic heterocycles. The number of fused-ring (bicyclic) bond motifs is 1. The lowest BCUT2D eigenvalue weighted by molar-refractivity contribution is -0.115. The Morgan fingerprint density at radius 2 is 2.00 bits per heavy atom. The third-order valence-corrected chi connectivity index (χ3v) is 7.76. The molecule has 0 aromatic rings. The van der Waals surface area contributed by atoms with Gasteiger partial charge < -0.3 is 0 Å². The van der Waals surface area contributed by atoms with Crippen LogP contribution >= 0.6 is 0 Å². The zero-order valence-corrected chi connectivity index (χ0v) is 11.7. The summed E-state index contributed by atoms with van der Waals surface area (Å²) < 4.78 is 0. The lowest BCUT2D eigenvalue weighted by atomic mass is 9.66. The summed E-state index contributed by atoms with van der Waals surface area (Å²) in [6.07, 6.45) is 11.1. The first-order valence-corrected chi connectivity index (χ1v) is 8.73. The Morgan fingerprint density at radius 3 is 2.76 bits per heavy atom. The first kappa shape index (κ1) is 11.8. The first-order valence-electron chi connectivity index (χ1n) is 7.10. The van der Waals surface area contributed by atoms with Crippen LogP contribution in [0.15, 0.2) is 11.6 Å². The monoisotopic (exact) mass is 251 g/mol. The molecule has 1 nitrogen and oxygen atoms in total. The highest BCUT2D eigenvalue weighted by Crippen LogP contribution is 2.48. The molecule has 1 saturated heterocycles. The van der Waals surface area contributed by atoms with E-state index in [9.17, 15) is 4.79 Å². The minimum absolute atomic E-state index is 0.381. The predicted octanol–water partition coefficient (Wildman–Crippen LogP) is 3.25. The summed E-state index contributed by atoms with van der Waals surface area (Å²) in [7, 11) is 0.421.